The Morgan fingerprint density at radius 3 is 2.79 bits per heavy atom. The minimum Gasteiger partial charge on any atom is -0.477 e. The average molecular weight is 197 g/mol. The van der Waals surface area contributed by atoms with Gasteiger partial charge in [0.15, 0.2) is 0 Å². The second-order valence-electron chi connectivity index (χ2n) is 2.97. The van der Waals surface area contributed by atoms with Crippen LogP contribution >= 0.6 is 0 Å². The first-order valence-electron chi connectivity index (χ1n) is 4.13. The van der Waals surface area contributed by atoms with Crippen LogP contribution in [-0.2, 0) is 0 Å². The van der Waals surface area contributed by atoms with Crippen LogP contribution in [0.3, 0.4) is 0 Å². The number of aromatic nitrogens is 1. The number of hydrogen-bond acceptors (Lipinski definition) is 3. The molecule has 1 heterocycles. The van der Waals surface area contributed by atoms with Crippen molar-refractivity contribution in [1.82, 2.24) is 4.57 Å². The Labute approximate surface area is 80.2 Å². The van der Waals surface area contributed by atoms with Crippen LogP contribution in [0.1, 0.15) is 23.3 Å². The largest absolute Gasteiger partial charge is 0.477 e. The lowest BCUT2D eigenvalue weighted by atomic mass is 10.2. The van der Waals surface area contributed by atoms with Crippen LogP contribution in [0.15, 0.2) is 23.1 Å². The number of aliphatic hydroxyl groups is 1. The number of carbonyl (C=O) groups is 1. The molecule has 0 aliphatic rings. The molecule has 1 aromatic heterocycles. The van der Waals surface area contributed by atoms with Gasteiger partial charge < -0.3 is 14.8 Å². The van der Waals surface area contributed by atoms with E-state index < -0.39 is 17.6 Å². The van der Waals surface area contributed by atoms with E-state index in [1.165, 1.54) is 22.9 Å². The lowest BCUT2D eigenvalue weighted by molar-refractivity contribution is 0.0693. The van der Waals surface area contributed by atoms with Gasteiger partial charge in [0, 0.05) is 6.20 Å². The Balaban J connectivity index is 3.28. The predicted octanol–water partition coefficient (Wildman–Crippen LogP) is 0.0998. The Morgan fingerprint density at radius 2 is 2.29 bits per heavy atom. The molecule has 5 heteroatoms. The van der Waals surface area contributed by atoms with Gasteiger partial charge in [-0.1, -0.05) is 0 Å². The van der Waals surface area contributed by atoms with Crippen molar-refractivity contribution in [3.05, 3.63) is 34.2 Å². The molecule has 1 unspecified atom stereocenters. The van der Waals surface area contributed by atoms with Crippen molar-refractivity contribution in [2.24, 2.45) is 0 Å². The molecule has 0 aliphatic heterocycles. The third-order valence-electron chi connectivity index (χ3n) is 1.94. The summed E-state index contributed by atoms with van der Waals surface area (Å²) in [5, 5.41) is 17.5. The maximum atomic E-state index is 11.5. The first kappa shape index (κ1) is 10.5. The molecule has 14 heavy (non-hydrogen) atoms. The van der Waals surface area contributed by atoms with Gasteiger partial charge in [-0.15, -0.1) is 0 Å². The Bertz CT molecular complexity index is 396. The summed E-state index contributed by atoms with van der Waals surface area (Å²) in [5.41, 5.74) is -0.880. The lowest BCUT2D eigenvalue weighted by Crippen LogP contribution is -2.29. The van der Waals surface area contributed by atoms with E-state index >= 15 is 0 Å². The van der Waals surface area contributed by atoms with Crippen molar-refractivity contribution in [2.75, 3.05) is 6.61 Å². The highest BCUT2D eigenvalue weighted by molar-refractivity contribution is 5.86. The van der Waals surface area contributed by atoms with Crippen molar-refractivity contribution < 1.29 is 15.0 Å². The van der Waals surface area contributed by atoms with Gasteiger partial charge in [0.25, 0.3) is 5.56 Å². The van der Waals surface area contributed by atoms with Crippen molar-refractivity contribution in [3.8, 4) is 0 Å². The molecule has 0 spiro atoms. The summed E-state index contributed by atoms with van der Waals surface area (Å²) in [6.45, 7) is 1.43. The number of aromatic carboxylic acids is 1. The van der Waals surface area contributed by atoms with Gasteiger partial charge in [0.05, 0.1) is 12.6 Å². The van der Waals surface area contributed by atoms with Gasteiger partial charge in [0.2, 0.25) is 0 Å². The van der Waals surface area contributed by atoms with Gasteiger partial charge >= 0.3 is 5.97 Å². The summed E-state index contributed by atoms with van der Waals surface area (Å²) in [5.74, 6) is -1.26. The van der Waals surface area contributed by atoms with Gasteiger partial charge in [0.1, 0.15) is 5.56 Å². The smallest absolute Gasteiger partial charge is 0.341 e. The highest BCUT2D eigenvalue weighted by Crippen LogP contribution is 2.01. The fraction of sp³-hybridized carbons (Fsp3) is 0.333. The van der Waals surface area contributed by atoms with Gasteiger partial charge in [-0.05, 0) is 19.1 Å². The minimum atomic E-state index is -1.26. The molecule has 76 valence electrons. The zero-order valence-corrected chi connectivity index (χ0v) is 7.67. The number of rotatable bonds is 3. The fourth-order valence-corrected chi connectivity index (χ4v) is 1.11. The molecule has 5 nitrogen and oxygen atoms in total. The lowest BCUT2D eigenvalue weighted by Gasteiger charge is -2.11. The zero-order chi connectivity index (χ0) is 10.7. The summed E-state index contributed by atoms with van der Waals surface area (Å²) in [6.07, 6.45) is 1.45. The monoisotopic (exact) mass is 197 g/mol. The van der Waals surface area contributed by atoms with Crippen molar-refractivity contribution in [2.45, 2.75) is 13.0 Å². The van der Waals surface area contributed by atoms with Crippen LogP contribution in [0.25, 0.3) is 0 Å². The first-order valence-corrected chi connectivity index (χ1v) is 4.13. The number of carboxylic acids is 1. The molecule has 0 fully saturated rings. The summed E-state index contributed by atoms with van der Waals surface area (Å²) in [6, 6.07) is 2.30. The molecular formula is C9H11NO4. The maximum absolute atomic E-state index is 11.5. The molecule has 1 rings (SSSR count). The van der Waals surface area contributed by atoms with Crippen LogP contribution in [0.2, 0.25) is 0 Å². The highest BCUT2D eigenvalue weighted by atomic mass is 16.4. The zero-order valence-electron chi connectivity index (χ0n) is 7.67. The first-order chi connectivity index (χ1) is 6.57. The molecule has 0 saturated heterocycles. The summed E-state index contributed by atoms with van der Waals surface area (Å²) < 4.78 is 1.20. The molecule has 0 aliphatic carbocycles. The quantitative estimate of drug-likeness (QED) is 0.720. The second kappa shape index (κ2) is 4.06. The fourth-order valence-electron chi connectivity index (χ4n) is 1.11. The van der Waals surface area contributed by atoms with E-state index in [2.05, 4.69) is 0 Å². The number of pyridine rings is 1. The molecule has 0 radical (unpaired) electrons. The van der Waals surface area contributed by atoms with Crippen LogP contribution < -0.4 is 5.56 Å². The van der Waals surface area contributed by atoms with Crippen LogP contribution in [-0.4, -0.2) is 27.4 Å². The van der Waals surface area contributed by atoms with E-state index in [0.717, 1.165) is 0 Å². The molecule has 0 saturated carbocycles. The van der Waals surface area contributed by atoms with E-state index in [4.69, 9.17) is 10.2 Å². The number of aliphatic hydroxyl groups excluding tert-OH is 1. The third kappa shape index (κ3) is 1.82. The van der Waals surface area contributed by atoms with E-state index in [9.17, 15) is 9.59 Å². The summed E-state index contributed by atoms with van der Waals surface area (Å²) in [7, 11) is 0. The normalized spacial score (nSPS) is 12.4. The van der Waals surface area contributed by atoms with Crippen LogP contribution in [0.5, 0.6) is 0 Å². The maximum Gasteiger partial charge on any atom is 0.341 e. The molecular weight excluding hydrogens is 186 g/mol. The molecule has 0 bridgehead atoms. The average Bonchev–Trinajstić information content (AvgIpc) is 2.16. The Hall–Kier alpha value is -1.62. The second-order valence-corrected chi connectivity index (χ2v) is 2.97. The van der Waals surface area contributed by atoms with E-state index in [1.807, 2.05) is 0 Å². The molecule has 1 atom stereocenters. The minimum absolute atomic E-state index is 0.205. The summed E-state index contributed by atoms with van der Waals surface area (Å²) >= 11 is 0. The number of hydrogen-bond donors (Lipinski definition) is 2. The van der Waals surface area contributed by atoms with E-state index in [-0.39, 0.29) is 12.2 Å². The Morgan fingerprint density at radius 1 is 1.64 bits per heavy atom. The molecule has 0 aromatic carbocycles. The van der Waals surface area contributed by atoms with E-state index in [0.29, 0.717) is 0 Å². The number of carboxylic acid groups (broad SMARTS) is 1. The van der Waals surface area contributed by atoms with Crippen LogP contribution in [0, 0.1) is 0 Å². The Kier molecular flexibility index (Phi) is 3.03. The summed E-state index contributed by atoms with van der Waals surface area (Å²) in [4.78, 5) is 22.1. The van der Waals surface area contributed by atoms with Gasteiger partial charge in [-0.3, -0.25) is 4.79 Å². The topological polar surface area (TPSA) is 79.5 Å². The highest BCUT2D eigenvalue weighted by Gasteiger charge is 2.12. The van der Waals surface area contributed by atoms with Gasteiger partial charge in [-0.2, -0.15) is 0 Å². The predicted molar refractivity (Wildman–Crippen MR) is 49.5 cm³/mol. The standard InChI is InChI=1S/C9H11NO4/c1-6(5-11)10-4-2-3-7(8(10)12)9(13)14/h2-4,6,11H,5H2,1H3,(H,13,14). The van der Waals surface area contributed by atoms with Gasteiger partial charge in [-0.25, -0.2) is 4.79 Å². The van der Waals surface area contributed by atoms with Crippen molar-refractivity contribution in [3.63, 3.8) is 0 Å². The van der Waals surface area contributed by atoms with Crippen LogP contribution in [0.4, 0.5) is 0 Å². The SMILES string of the molecule is CC(CO)n1cccc(C(=O)O)c1=O. The number of nitrogens with zero attached hydrogens (tertiary/aromatic N) is 1. The van der Waals surface area contributed by atoms with Crippen molar-refractivity contribution >= 4 is 5.97 Å². The third-order valence-corrected chi connectivity index (χ3v) is 1.94. The van der Waals surface area contributed by atoms with Crippen molar-refractivity contribution in [1.29, 1.82) is 0 Å². The molecule has 0 amide bonds. The molecule has 1 aromatic rings. The van der Waals surface area contributed by atoms with E-state index in [1.54, 1.807) is 6.92 Å². The molecule has 2 N–H and O–H groups in total.